The van der Waals surface area contributed by atoms with Crippen LogP contribution in [0.5, 0.6) is 6.01 Å². The molecule has 0 bridgehead atoms. The third-order valence-electron chi connectivity index (χ3n) is 5.01. The van der Waals surface area contributed by atoms with Gasteiger partial charge < -0.3 is 14.9 Å². The molecule has 4 aromatic rings. The Morgan fingerprint density at radius 2 is 1.70 bits per heavy atom. The summed E-state index contributed by atoms with van der Waals surface area (Å²) in [4.78, 5) is 21.2. The standard InChI is InChI=1S/C23H18F3N3O4/c1-12-9-13(24)5-6-15(12)20-16-7-8-19(32)29(21-17(25)3-2-4-18(21)26)22(16)28-23(27-20)33-14(10-30)11-31/h2-9,14,30-31H,10-11H2,1H3. The van der Waals surface area contributed by atoms with Gasteiger partial charge in [0.15, 0.2) is 5.65 Å². The lowest BCUT2D eigenvalue weighted by Crippen LogP contribution is -2.27. The van der Waals surface area contributed by atoms with Crippen molar-refractivity contribution in [3.63, 3.8) is 0 Å². The molecule has 0 amide bonds. The molecule has 0 radical (unpaired) electrons. The minimum atomic E-state index is -1.08. The molecule has 33 heavy (non-hydrogen) atoms. The van der Waals surface area contributed by atoms with Crippen molar-refractivity contribution in [2.24, 2.45) is 0 Å². The molecule has 0 atom stereocenters. The molecule has 0 saturated carbocycles. The molecule has 7 nitrogen and oxygen atoms in total. The lowest BCUT2D eigenvalue weighted by atomic mass is 10.0. The van der Waals surface area contributed by atoms with Gasteiger partial charge in [0, 0.05) is 17.0 Å². The predicted octanol–water partition coefficient (Wildman–Crippen LogP) is 2.91. The van der Waals surface area contributed by atoms with Gasteiger partial charge in [-0.05, 0) is 48.9 Å². The fourth-order valence-corrected chi connectivity index (χ4v) is 3.45. The predicted molar refractivity (Wildman–Crippen MR) is 114 cm³/mol. The SMILES string of the molecule is Cc1cc(F)ccc1-c1nc(OC(CO)CO)nc2c1ccc(=O)n2-c1c(F)cccc1F. The van der Waals surface area contributed by atoms with E-state index in [1.165, 1.54) is 24.3 Å². The molecule has 2 heterocycles. The van der Waals surface area contributed by atoms with Crippen LogP contribution in [0.4, 0.5) is 13.2 Å². The highest BCUT2D eigenvalue weighted by atomic mass is 19.1. The topological polar surface area (TPSA) is 97.5 Å². The van der Waals surface area contributed by atoms with E-state index in [9.17, 15) is 28.2 Å². The van der Waals surface area contributed by atoms with Gasteiger partial charge in [-0.1, -0.05) is 6.07 Å². The average Bonchev–Trinajstić information content (AvgIpc) is 2.78. The van der Waals surface area contributed by atoms with Crippen LogP contribution in [0.25, 0.3) is 28.0 Å². The number of hydrogen-bond acceptors (Lipinski definition) is 6. The highest BCUT2D eigenvalue weighted by Crippen LogP contribution is 2.31. The van der Waals surface area contributed by atoms with Crippen LogP contribution in [0.1, 0.15) is 5.56 Å². The molecular weight excluding hydrogens is 439 g/mol. The Morgan fingerprint density at radius 1 is 1.00 bits per heavy atom. The molecule has 2 N–H and O–H groups in total. The lowest BCUT2D eigenvalue weighted by Gasteiger charge is -2.17. The number of rotatable bonds is 6. The Labute approximate surface area is 185 Å². The Hall–Kier alpha value is -3.76. The molecule has 0 aliphatic carbocycles. The number of benzene rings is 2. The number of pyridine rings is 1. The van der Waals surface area contributed by atoms with Gasteiger partial charge in [-0.25, -0.2) is 13.2 Å². The number of para-hydroxylation sites is 1. The average molecular weight is 457 g/mol. The largest absolute Gasteiger partial charge is 0.455 e. The number of hydrogen-bond donors (Lipinski definition) is 2. The van der Waals surface area contributed by atoms with Crippen LogP contribution in [0.3, 0.4) is 0 Å². The third kappa shape index (κ3) is 4.18. The van der Waals surface area contributed by atoms with Crippen LogP contribution in [-0.2, 0) is 0 Å². The maximum absolute atomic E-state index is 14.6. The Balaban J connectivity index is 2.10. The minimum Gasteiger partial charge on any atom is -0.455 e. The van der Waals surface area contributed by atoms with Gasteiger partial charge in [0.05, 0.1) is 18.9 Å². The molecule has 0 aliphatic heterocycles. The molecule has 0 saturated heterocycles. The lowest BCUT2D eigenvalue weighted by molar-refractivity contribution is 0.0564. The summed E-state index contributed by atoms with van der Waals surface area (Å²) in [5.74, 6) is -2.46. The molecule has 2 aromatic heterocycles. The second-order valence-electron chi connectivity index (χ2n) is 7.23. The summed E-state index contributed by atoms with van der Waals surface area (Å²) in [5, 5.41) is 19.0. The molecule has 170 valence electrons. The van der Waals surface area contributed by atoms with E-state index in [1.54, 1.807) is 6.92 Å². The normalized spacial score (nSPS) is 11.4. The number of aliphatic hydroxyl groups excluding tert-OH is 2. The quantitative estimate of drug-likeness (QED) is 0.462. The summed E-state index contributed by atoms with van der Waals surface area (Å²) in [6, 6.07) is 9.27. The van der Waals surface area contributed by atoms with E-state index in [1.807, 2.05) is 0 Å². The number of nitrogens with zero attached hydrogens (tertiary/aromatic N) is 3. The molecule has 0 spiro atoms. The second-order valence-corrected chi connectivity index (χ2v) is 7.23. The smallest absolute Gasteiger partial charge is 0.319 e. The number of halogens is 3. The van der Waals surface area contributed by atoms with E-state index in [4.69, 9.17) is 4.74 Å². The minimum absolute atomic E-state index is 0.176. The molecular formula is C23H18F3N3O4. The molecule has 0 unspecified atom stereocenters. The molecule has 0 fully saturated rings. The van der Waals surface area contributed by atoms with Crippen LogP contribution in [0.2, 0.25) is 0 Å². The van der Waals surface area contributed by atoms with Crippen molar-refractivity contribution in [2.45, 2.75) is 13.0 Å². The van der Waals surface area contributed by atoms with Crippen molar-refractivity contribution in [3.05, 3.63) is 81.9 Å². The van der Waals surface area contributed by atoms with Crippen molar-refractivity contribution in [3.8, 4) is 23.0 Å². The zero-order valence-corrected chi connectivity index (χ0v) is 17.3. The van der Waals surface area contributed by atoms with Crippen molar-refractivity contribution >= 4 is 11.0 Å². The first kappa shape index (κ1) is 22.4. The molecule has 4 rings (SSSR count). The zero-order valence-electron chi connectivity index (χ0n) is 17.3. The zero-order chi connectivity index (χ0) is 23.7. The number of aromatic nitrogens is 3. The number of fused-ring (bicyclic) bond motifs is 1. The second kappa shape index (κ2) is 9.00. The summed E-state index contributed by atoms with van der Waals surface area (Å²) in [7, 11) is 0. The van der Waals surface area contributed by atoms with Crippen LogP contribution < -0.4 is 10.3 Å². The van der Waals surface area contributed by atoms with Gasteiger partial charge in [-0.2, -0.15) is 9.97 Å². The van der Waals surface area contributed by atoms with Gasteiger partial charge in [0.2, 0.25) is 0 Å². The van der Waals surface area contributed by atoms with E-state index in [0.717, 1.165) is 28.8 Å². The maximum Gasteiger partial charge on any atom is 0.319 e. The van der Waals surface area contributed by atoms with Gasteiger partial charge in [0.25, 0.3) is 5.56 Å². The summed E-state index contributed by atoms with van der Waals surface area (Å²) in [6.45, 7) is 0.516. The summed E-state index contributed by atoms with van der Waals surface area (Å²) in [6.07, 6.45) is -1.08. The Morgan fingerprint density at radius 3 is 2.33 bits per heavy atom. The van der Waals surface area contributed by atoms with E-state index in [2.05, 4.69) is 9.97 Å². The first-order chi connectivity index (χ1) is 15.8. The van der Waals surface area contributed by atoms with Gasteiger partial charge in [-0.3, -0.25) is 9.36 Å². The summed E-state index contributed by atoms with van der Waals surface area (Å²) in [5.41, 5.74) is -0.425. The molecule has 10 heteroatoms. The highest BCUT2D eigenvalue weighted by Gasteiger charge is 2.21. The van der Waals surface area contributed by atoms with Gasteiger partial charge >= 0.3 is 6.01 Å². The van der Waals surface area contributed by atoms with Crippen molar-refractivity contribution in [1.82, 2.24) is 14.5 Å². The third-order valence-corrected chi connectivity index (χ3v) is 5.01. The van der Waals surface area contributed by atoms with E-state index >= 15 is 0 Å². The van der Waals surface area contributed by atoms with Crippen molar-refractivity contribution in [1.29, 1.82) is 0 Å². The van der Waals surface area contributed by atoms with Gasteiger partial charge in [-0.15, -0.1) is 0 Å². The first-order valence-corrected chi connectivity index (χ1v) is 9.87. The van der Waals surface area contributed by atoms with E-state index < -0.39 is 48.0 Å². The first-order valence-electron chi connectivity index (χ1n) is 9.87. The summed E-state index contributed by atoms with van der Waals surface area (Å²) < 4.78 is 49.1. The fraction of sp³-hybridized carbons (Fsp3) is 0.174. The van der Waals surface area contributed by atoms with Crippen LogP contribution in [0.15, 0.2) is 53.3 Å². The van der Waals surface area contributed by atoms with Crippen molar-refractivity contribution in [2.75, 3.05) is 13.2 Å². The Bertz CT molecular complexity index is 1380. The van der Waals surface area contributed by atoms with Crippen LogP contribution in [0, 0.1) is 24.4 Å². The fourth-order valence-electron chi connectivity index (χ4n) is 3.45. The molecule has 2 aromatic carbocycles. The number of aryl methyl sites for hydroxylation is 1. The molecule has 0 aliphatic rings. The number of ether oxygens (including phenoxy) is 1. The van der Waals surface area contributed by atoms with Gasteiger partial charge in [0.1, 0.15) is 29.2 Å². The van der Waals surface area contributed by atoms with E-state index in [-0.39, 0.29) is 22.7 Å². The highest BCUT2D eigenvalue weighted by molar-refractivity contribution is 5.92. The summed E-state index contributed by atoms with van der Waals surface area (Å²) >= 11 is 0. The Kier molecular flexibility index (Phi) is 6.12. The monoisotopic (exact) mass is 457 g/mol. The van der Waals surface area contributed by atoms with Crippen LogP contribution >= 0.6 is 0 Å². The maximum atomic E-state index is 14.6. The van der Waals surface area contributed by atoms with Crippen LogP contribution in [-0.4, -0.2) is 44.1 Å². The van der Waals surface area contributed by atoms with Crippen molar-refractivity contribution < 1.29 is 28.1 Å². The number of aliphatic hydroxyl groups is 2. The van der Waals surface area contributed by atoms with E-state index in [0.29, 0.717) is 11.1 Å².